The molecule has 2 rings (SSSR count). The van der Waals surface area contributed by atoms with Crippen LogP contribution in [0.5, 0.6) is 11.5 Å². The first-order valence-electron chi connectivity index (χ1n) is 5.70. The van der Waals surface area contributed by atoms with E-state index in [0.717, 1.165) is 6.26 Å². The number of ether oxygens (including phenoxy) is 1. The Hall–Kier alpha value is -2.12. The molecule has 0 atom stereocenters. The maximum absolute atomic E-state index is 11.3. The molecule has 0 heterocycles. The van der Waals surface area contributed by atoms with Gasteiger partial charge in [0.15, 0.2) is 9.84 Å². The van der Waals surface area contributed by atoms with E-state index in [2.05, 4.69) is 0 Å². The minimum Gasteiger partial charge on any atom is -0.450 e. The van der Waals surface area contributed by atoms with Gasteiger partial charge in [0, 0.05) is 6.26 Å². The summed E-state index contributed by atoms with van der Waals surface area (Å²) in [7, 11) is -3.31. The Morgan fingerprint density at radius 2 is 1.76 bits per heavy atom. The fraction of sp³-hybridized carbons (Fsp3) is 0.0769. The molecule has 0 aliphatic heterocycles. The van der Waals surface area contributed by atoms with Gasteiger partial charge in [0.2, 0.25) is 5.75 Å². The van der Waals surface area contributed by atoms with Crippen molar-refractivity contribution in [1.82, 2.24) is 0 Å². The molecule has 0 radical (unpaired) electrons. The van der Waals surface area contributed by atoms with E-state index in [1.54, 1.807) is 0 Å². The monoisotopic (exact) mass is 327 g/mol. The van der Waals surface area contributed by atoms with Gasteiger partial charge in [0.05, 0.1) is 9.82 Å². The lowest BCUT2D eigenvalue weighted by Gasteiger charge is -2.07. The summed E-state index contributed by atoms with van der Waals surface area (Å²) in [5, 5.41) is 10.9. The van der Waals surface area contributed by atoms with Gasteiger partial charge in [-0.1, -0.05) is 17.7 Å². The zero-order valence-corrected chi connectivity index (χ0v) is 12.4. The summed E-state index contributed by atoms with van der Waals surface area (Å²) in [6.07, 6.45) is 1.09. The van der Waals surface area contributed by atoms with Crippen LogP contribution in [-0.2, 0) is 9.84 Å². The van der Waals surface area contributed by atoms with Gasteiger partial charge < -0.3 is 4.74 Å². The van der Waals surface area contributed by atoms with Crippen LogP contribution in [0.2, 0.25) is 5.02 Å². The highest BCUT2D eigenvalue weighted by Crippen LogP contribution is 2.37. The topological polar surface area (TPSA) is 86.5 Å². The van der Waals surface area contributed by atoms with Gasteiger partial charge in [0.25, 0.3) is 0 Å². The first kappa shape index (κ1) is 15.3. The molecule has 0 aromatic heterocycles. The number of halogens is 1. The van der Waals surface area contributed by atoms with E-state index >= 15 is 0 Å². The third kappa shape index (κ3) is 3.50. The van der Waals surface area contributed by atoms with E-state index in [0.29, 0.717) is 0 Å². The van der Waals surface area contributed by atoms with Crippen molar-refractivity contribution in [3.63, 3.8) is 0 Å². The molecule has 0 spiro atoms. The summed E-state index contributed by atoms with van der Waals surface area (Å²) in [5.74, 6) is 0.257. The fourth-order valence-corrected chi connectivity index (χ4v) is 2.50. The summed E-state index contributed by atoms with van der Waals surface area (Å²) in [6.45, 7) is 0. The molecule has 6 nitrogen and oxygen atoms in total. The fourth-order valence-electron chi connectivity index (χ4n) is 1.64. The molecule has 0 bridgehead atoms. The highest BCUT2D eigenvalue weighted by molar-refractivity contribution is 7.90. The Balaban J connectivity index is 2.35. The lowest BCUT2D eigenvalue weighted by Crippen LogP contribution is -1.97. The molecule has 8 heteroatoms. The van der Waals surface area contributed by atoms with Gasteiger partial charge in [0.1, 0.15) is 10.8 Å². The highest BCUT2D eigenvalue weighted by Gasteiger charge is 2.20. The number of rotatable bonds is 4. The Bertz CT molecular complexity index is 787. The average molecular weight is 328 g/mol. The molecular weight excluding hydrogens is 318 g/mol. The summed E-state index contributed by atoms with van der Waals surface area (Å²) < 4.78 is 28.1. The van der Waals surface area contributed by atoms with Crippen LogP contribution in [0, 0.1) is 10.1 Å². The van der Waals surface area contributed by atoms with Gasteiger partial charge in [-0.25, -0.2) is 8.42 Å². The number of nitro groups is 1. The second-order valence-electron chi connectivity index (χ2n) is 4.19. The third-order valence-electron chi connectivity index (χ3n) is 2.61. The van der Waals surface area contributed by atoms with Crippen LogP contribution in [0.4, 0.5) is 5.69 Å². The number of benzene rings is 2. The van der Waals surface area contributed by atoms with E-state index in [4.69, 9.17) is 16.3 Å². The van der Waals surface area contributed by atoms with Crippen LogP contribution >= 0.6 is 11.6 Å². The molecule has 0 fully saturated rings. The van der Waals surface area contributed by atoms with Crippen molar-refractivity contribution in [3.05, 3.63) is 57.6 Å². The summed E-state index contributed by atoms with van der Waals surface area (Å²) in [6, 6.07) is 9.88. The number of para-hydroxylation sites is 1. The van der Waals surface area contributed by atoms with Crippen molar-refractivity contribution in [1.29, 1.82) is 0 Å². The minimum absolute atomic E-state index is 0.0143. The lowest BCUT2D eigenvalue weighted by molar-refractivity contribution is -0.385. The molecule has 0 aliphatic rings. The average Bonchev–Trinajstić information content (AvgIpc) is 2.38. The van der Waals surface area contributed by atoms with Gasteiger partial charge in [-0.15, -0.1) is 0 Å². The van der Waals surface area contributed by atoms with E-state index in [1.165, 1.54) is 42.5 Å². The van der Waals surface area contributed by atoms with E-state index in [9.17, 15) is 18.5 Å². The smallest absolute Gasteiger partial charge is 0.329 e. The van der Waals surface area contributed by atoms with Crippen LogP contribution in [0.15, 0.2) is 47.4 Å². The van der Waals surface area contributed by atoms with Gasteiger partial charge in [-0.3, -0.25) is 10.1 Å². The molecule has 0 unspecified atom stereocenters. The summed E-state index contributed by atoms with van der Waals surface area (Å²) in [5.41, 5.74) is -0.341. The highest BCUT2D eigenvalue weighted by atomic mass is 35.5. The molecule has 2 aromatic rings. The molecule has 21 heavy (non-hydrogen) atoms. The van der Waals surface area contributed by atoms with Crippen LogP contribution in [0.3, 0.4) is 0 Å². The van der Waals surface area contributed by atoms with Crippen LogP contribution in [0.25, 0.3) is 0 Å². The van der Waals surface area contributed by atoms with Crippen molar-refractivity contribution in [3.8, 4) is 11.5 Å². The molecule has 2 aromatic carbocycles. The van der Waals surface area contributed by atoms with Crippen molar-refractivity contribution >= 4 is 27.1 Å². The van der Waals surface area contributed by atoms with Gasteiger partial charge in [-0.2, -0.15) is 0 Å². The molecule has 0 saturated heterocycles. The molecule has 0 aliphatic carbocycles. The number of hydrogen-bond donors (Lipinski definition) is 0. The zero-order chi connectivity index (χ0) is 15.6. The largest absolute Gasteiger partial charge is 0.450 e. The Morgan fingerprint density at radius 1 is 1.14 bits per heavy atom. The quantitative estimate of drug-likeness (QED) is 0.634. The maximum atomic E-state index is 11.3. The van der Waals surface area contributed by atoms with Crippen molar-refractivity contribution in [2.24, 2.45) is 0 Å². The molecule has 0 N–H and O–H groups in total. The SMILES string of the molecule is CS(=O)(=O)c1ccc(Oc2cccc(Cl)c2[N+](=O)[O-])cc1. The number of nitro benzene ring substituents is 1. The van der Waals surface area contributed by atoms with Crippen molar-refractivity contribution in [2.45, 2.75) is 4.90 Å². The number of sulfone groups is 1. The standard InChI is InChI=1S/C13H10ClNO5S/c1-21(18,19)10-7-5-9(6-8-10)20-12-4-2-3-11(14)13(12)15(16)17/h2-8H,1H3. The van der Waals surface area contributed by atoms with Gasteiger partial charge in [-0.05, 0) is 36.4 Å². The second kappa shape index (κ2) is 5.71. The second-order valence-corrected chi connectivity index (χ2v) is 6.61. The normalized spacial score (nSPS) is 11.1. The minimum atomic E-state index is -3.31. The predicted molar refractivity (Wildman–Crippen MR) is 77.7 cm³/mol. The molecule has 0 amide bonds. The molecule has 0 saturated carbocycles. The summed E-state index contributed by atoms with van der Waals surface area (Å²) in [4.78, 5) is 10.5. The lowest BCUT2D eigenvalue weighted by atomic mass is 10.3. The van der Waals surface area contributed by atoms with E-state index < -0.39 is 14.8 Å². The van der Waals surface area contributed by atoms with Crippen LogP contribution in [-0.4, -0.2) is 19.6 Å². The first-order valence-corrected chi connectivity index (χ1v) is 7.97. The molecular formula is C13H10ClNO5S. The van der Waals surface area contributed by atoms with E-state index in [1.807, 2.05) is 0 Å². The summed E-state index contributed by atoms with van der Waals surface area (Å²) >= 11 is 5.77. The number of nitrogens with zero attached hydrogens (tertiary/aromatic N) is 1. The van der Waals surface area contributed by atoms with Gasteiger partial charge >= 0.3 is 5.69 Å². The molecule has 110 valence electrons. The first-order chi connectivity index (χ1) is 9.79. The third-order valence-corrected chi connectivity index (χ3v) is 4.05. The van der Waals surface area contributed by atoms with Crippen molar-refractivity contribution in [2.75, 3.05) is 6.26 Å². The van der Waals surface area contributed by atoms with E-state index in [-0.39, 0.29) is 27.1 Å². The Morgan fingerprint density at radius 3 is 2.29 bits per heavy atom. The Labute approximate surface area is 126 Å². The Kier molecular flexibility index (Phi) is 4.15. The maximum Gasteiger partial charge on any atom is 0.329 e. The zero-order valence-electron chi connectivity index (χ0n) is 10.8. The van der Waals surface area contributed by atoms with Crippen molar-refractivity contribution < 1.29 is 18.1 Å². The van der Waals surface area contributed by atoms with Crippen LogP contribution in [0.1, 0.15) is 0 Å². The predicted octanol–water partition coefficient (Wildman–Crippen LogP) is 3.44. The van der Waals surface area contributed by atoms with Crippen LogP contribution < -0.4 is 4.74 Å². The number of hydrogen-bond acceptors (Lipinski definition) is 5.